The molecule has 0 saturated heterocycles. The van der Waals surface area contributed by atoms with Crippen molar-refractivity contribution in [1.82, 2.24) is 25.9 Å². The molecule has 3 amide bonds. The second kappa shape index (κ2) is 11.4. The van der Waals surface area contributed by atoms with Crippen LogP contribution in [0, 0.1) is 0 Å². The number of aliphatic carboxylic acids is 2. The third kappa shape index (κ3) is 8.83. The summed E-state index contributed by atoms with van der Waals surface area (Å²) < 4.78 is 0. The van der Waals surface area contributed by atoms with Gasteiger partial charge in [-0.1, -0.05) is 0 Å². The number of imidazole rings is 1. The molecule has 0 aliphatic carbocycles. The number of carboxylic acid groups (broad SMARTS) is 2. The lowest BCUT2D eigenvalue weighted by Gasteiger charge is -2.21. The van der Waals surface area contributed by atoms with E-state index in [4.69, 9.17) is 10.8 Å². The number of amides is 3. The van der Waals surface area contributed by atoms with Crippen LogP contribution >= 0.6 is 0 Å². The van der Waals surface area contributed by atoms with Crippen LogP contribution in [-0.4, -0.2) is 74.5 Å². The predicted molar refractivity (Wildman–Crippen MR) is 97.3 cm³/mol. The van der Waals surface area contributed by atoms with Crippen molar-refractivity contribution in [3.8, 4) is 0 Å². The summed E-state index contributed by atoms with van der Waals surface area (Å²) >= 11 is 0. The van der Waals surface area contributed by atoms with E-state index in [0.29, 0.717) is 5.69 Å². The van der Waals surface area contributed by atoms with Gasteiger partial charge in [0.25, 0.3) is 0 Å². The second-order valence-corrected chi connectivity index (χ2v) is 6.24. The molecule has 0 aliphatic heterocycles. The van der Waals surface area contributed by atoms with Gasteiger partial charge in [0.05, 0.1) is 18.9 Å². The Balaban J connectivity index is 2.76. The predicted octanol–water partition coefficient (Wildman–Crippen LogP) is -2.67. The van der Waals surface area contributed by atoms with Crippen LogP contribution in [0.2, 0.25) is 0 Å². The van der Waals surface area contributed by atoms with Gasteiger partial charge in [-0.2, -0.15) is 0 Å². The first-order valence-electron chi connectivity index (χ1n) is 8.65. The number of carbonyl (C=O) groups excluding carboxylic acids is 3. The number of nitrogens with two attached hydrogens (primary N) is 1. The lowest BCUT2D eigenvalue weighted by atomic mass is 10.1. The summed E-state index contributed by atoms with van der Waals surface area (Å²) in [7, 11) is 0. The van der Waals surface area contributed by atoms with Crippen LogP contribution in [0.15, 0.2) is 12.5 Å². The van der Waals surface area contributed by atoms with E-state index in [-0.39, 0.29) is 12.8 Å². The van der Waals surface area contributed by atoms with Crippen molar-refractivity contribution in [2.45, 2.75) is 44.3 Å². The Kier molecular flexibility index (Phi) is 9.25. The number of aromatic nitrogens is 2. The van der Waals surface area contributed by atoms with E-state index in [9.17, 15) is 29.1 Å². The van der Waals surface area contributed by atoms with E-state index in [1.54, 1.807) is 0 Å². The van der Waals surface area contributed by atoms with Gasteiger partial charge in [-0.3, -0.25) is 19.2 Å². The third-order valence-electron chi connectivity index (χ3n) is 3.73. The van der Waals surface area contributed by atoms with E-state index >= 15 is 0 Å². The highest BCUT2D eigenvalue weighted by atomic mass is 16.4. The molecular weight excluding hydrogens is 388 g/mol. The Morgan fingerprint density at radius 3 is 2.34 bits per heavy atom. The number of hydrogen-bond donors (Lipinski definition) is 7. The zero-order valence-electron chi connectivity index (χ0n) is 15.7. The molecule has 0 aliphatic rings. The zero-order valence-corrected chi connectivity index (χ0v) is 15.7. The fraction of sp³-hybridized carbons (Fsp3) is 0.500. The number of hydrogen-bond acceptors (Lipinski definition) is 7. The Hall–Kier alpha value is -3.48. The van der Waals surface area contributed by atoms with Gasteiger partial charge in [0.15, 0.2) is 0 Å². The molecule has 1 aromatic heterocycles. The van der Waals surface area contributed by atoms with Crippen LogP contribution in [0.5, 0.6) is 0 Å². The van der Waals surface area contributed by atoms with Crippen molar-refractivity contribution >= 4 is 29.7 Å². The molecule has 0 radical (unpaired) electrons. The molecule has 13 nitrogen and oxygen atoms in total. The molecule has 1 heterocycles. The topological polar surface area (TPSA) is 217 Å². The molecule has 160 valence electrons. The van der Waals surface area contributed by atoms with Gasteiger partial charge >= 0.3 is 11.9 Å². The molecule has 0 bridgehead atoms. The maximum atomic E-state index is 12.5. The molecule has 0 aromatic carbocycles. The lowest BCUT2D eigenvalue weighted by Crippen LogP contribution is -2.54. The van der Waals surface area contributed by atoms with Crippen LogP contribution < -0.4 is 21.7 Å². The standard InChI is InChI=1S/C16H24N6O7/c1-8(17)14(26)19-6-12(23)21-10(2-3-13(24)25)15(27)22-11(16(28)29)4-9-5-18-7-20-9/h5,7-8,10-11H,2-4,6,17H2,1H3,(H,18,20)(H,19,26)(H,21,23)(H,22,27)(H,24,25)(H,28,29). The highest BCUT2D eigenvalue weighted by molar-refractivity contribution is 5.92. The van der Waals surface area contributed by atoms with Gasteiger partial charge in [-0.25, -0.2) is 9.78 Å². The first kappa shape index (κ1) is 23.6. The Morgan fingerprint density at radius 1 is 1.14 bits per heavy atom. The van der Waals surface area contributed by atoms with E-state index in [2.05, 4.69) is 25.9 Å². The monoisotopic (exact) mass is 412 g/mol. The maximum absolute atomic E-state index is 12.5. The average Bonchev–Trinajstić information content (AvgIpc) is 3.15. The van der Waals surface area contributed by atoms with Crippen molar-refractivity contribution in [1.29, 1.82) is 0 Å². The minimum atomic E-state index is -1.33. The summed E-state index contributed by atoms with van der Waals surface area (Å²) in [5, 5.41) is 24.9. The smallest absolute Gasteiger partial charge is 0.326 e. The summed E-state index contributed by atoms with van der Waals surface area (Å²) in [5.41, 5.74) is 5.82. The van der Waals surface area contributed by atoms with Gasteiger partial charge < -0.3 is 36.9 Å². The molecule has 3 atom stereocenters. The number of H-pyrrole nitrogens is 1. The molecule has 3 unspecified atom stereocenters. The third-order valence-corrected chi connectivity index (χ3v) is 3.73. The van der Waals surface area contributed by atoms with Gasteiger partial charge in [0.1, 0.15) is 12.1 Å². The maximum Gasteiger partial charge on any atom is 0.326 e. The van der Waals surface area contributed by atoms with Gasteiger partial charge in [-0.15, -0.1) is 0 Å². The molecule has 29 heavy (non-hydrogen) atoms. The minimum absolute atomic E-state index is 0.0921. The number of rotatable bonds is 12. The van der Waals surface area contributed by atoms with Gasteiger partial charge in [-0.05, 0) is 13.3 Å². The van der Waals surface area contributed by atoms with Crippen LogP contribution in [-0.2, 0) is 30.4 Å². The minimum Gasteiger partial charge on any atom is -0.481 e. The van der Waals surface area contributed by atoms with Crippen molar-refractivity contribution in [3.63, 3.8) is 0 Å². The molecule has 1 aromatic rings. The first-order valence-corrected chi connectivity index (χ1v) is 8.65. The SMILES string of the molecule is CC(N)C(=O)NCC(=O)NC(CCC(=O)O)C(=O)NC(Cc1cnc[nH]1)C(=O)O. The number of carboxylic acids is 2. The van der Waals surface area contributed by atoms with E-state index < -0.39 is 60.8 Å². The van der Waals surface area contributed by atoms with Crippen LogP contribution in [0.4, 0.5) is 0 Å². The van der Waals surface area contributed by atoms with E-state index in [1.807, 2.05) is 0 Å². The summed E-state index contributed by atoms with van der Waals surface area (Å²) in [6.45, 7) is 0.940. The van der Waals surface area contributed by atoms with Crippen LogP contribution in [0.1, 0.15) is 25.5 Å². The molecule has 8 N–H and O–H groups in total. The Bertz CT molecular complexity index is 734. The van der Waals surface area contributed by atoms with Crippen molar-refractivity contribution < 1.29 is 34.2 Å². The fourth-order valence-electron chi connectivity index (χ4n) is 2.20. The van der Waals surface area contributed by atoms with E-state index in [0.717, 1.165) is 0 Å². The highest BCUT2D eigenvalue weighted by Gasteiger charge is 2.27. The first-order chi connectivity index (χ1) is 13.6. The molecule has 0 saturated carbocycles. The quantitative estimate of drug-likeness (QED) is 0.190. The Morgan fingerprint density at radius 2 is 1.83 bits per heavy atom. The van der Waals surface area contributed by atoms with Crippen molar-refractivity contribution in [3.05, 3.63) is 18.2 Å². The summed E-state index contributed by atoms with van der Waals surface area (Å²) in [5.74, 6) is -4.73. The Labute approximate surface area is 165 Å². The van der Waals surface area contributed by atoms with Crippen LogP contribution in [0.25, 0.3) is 0 Å². The number of carbonyl (C=O) groups is 5. The fourth-order valence-corrected chi connectivity index (χ4v) is 2.20. The average molecular weight is 412 g/mol. The molecule has 13 heteroatoms. The summed E-state index contributed by atoms with van der Waals surface area (Å²) in [6, 6.07) is -3.48. The molecule has 0 spiro atoms. The van der Waals surface area contributed by atoms with Gasteiger partial charge in [0.2, 0.25) is 17.7 Å². The normalized spacial score (nSPS) is 13.6. The second-order valence-electron chi connectivity index (χ2n) is 6.24. The van der Waals surface area contributed by atoms with Crippen LogP contribution in [0.3, 0.4) is 0 Å². The van der Waals surface area contributed by atoms with Crippen molar-refractivity contribution in [2.24, 2.45) is 5.73 Å². The lowest BCUT2D eigenvalue weighted by molar-refractivity contribution is -0.143. The molecule has 0 fully saturated rings. The number of nitrogens with zero attached hydrogens (tertiary/aromatic N) is 1. The molecular formula is C16H24N6O7. The summed E-state index contributed by atoms with van der Waals surface area (Å²) in [6.07, 6.45) is 1.94. The largest absolute Gasteiger partial charge is 0.481 e. The van der Waals surface area contributed by atoms with E-state index in [1.165, 1.54) is 19.4 Å². The molecule has 1 rings (SSSR count). The van der Waals surface area contributed by atoms with Gasteiger partial charge in [0, 0.05) is 24.7 Å². The van der Waals surface area contributed by atoms with Crippen molar-refractivity contribution in [2.75, 3.05) is 6.54 Å². The summed E-state index contributed by atoms with van der Waals surface area (Å²) in [4.78, 5) is 64.6. The highest BCUT2D eigenvalue weighted by Crippen LogP contribution is 2.03. The zero-order chi connectivity index (χ0) is 22.0. The number of nitrogens with one attached hydrogen (secondary N) is 4. The number of aromatic amines is 1.